The van der Waals surface area contributed by atoms with Crippen LogP contribution in [0.2, 0.25) is 0 Å². The van der Waals surface area contributed by atoms with Crippen LogP contribution in [0.1, 0.15) is 56.6 Å². The predicted octanol–water partition coefficient (Wildman–Crippen LogP) is 3.92. The molecule has 0 N–H and O–H groups in total. The van der Waals surface area contributed by atoms with Crippen molar-refractivity contribution in [2.75, 3.05) is 39.8 Å². The monoisotopic (exact) mass is 559 g/mol. The smallest absolute Gasteiger partial charge is 0.247 e. The maximum absolute atomic E-state index is 12.5. The van der Waals surface area contributed by atoms with Gasteiger partial charge in [-0.15, -0.1) is 0 Å². The summed E-state index contributed by atoms with van der Waals surface area (Å²) in [5.41, 5.74) is 3.42. The topological polar surface area (TPSA) is 93.8 Å². The zero-order valence-corrected chi connectivity index (χ0v) is 24.7. The van der Waals surface area contributed by atoms with E-state index in [9.17, 15) is 10.1 Å². The number of fused-ring (bicyclic) bond motifs is 1. The van der Waals surface area contributed by atoms with Crippen LogP contribution in [0.15, 0.2) is 40.8 Å². The van der Waals surface area contributed by atoms with Gasteiger partial charge in [-0.2, -0.15) is 5.26 Å². The number of likely N-dealkylation sites (tertiary alicyclic amines) is 1. The molecule has 5 rings (SSSR count). The molecule has 0 spiro atoms. The van der Waals surface area contributed by atoms with Gasteiger partial charge in [-0.1, -0.05) is 31.7 Å². The molecule has 0 aliphatic carbocycles. The first-order valence-corrected chi connectivity index (χ1v) is 15.0. The quantitative estimate of drug-likeness (QED) is 0.448. The Balaban J connectivity index is 1.38. The maximum Gasteiger partial charge on any atom is 0.247 e. The van der Waals surface area contributed by atoms with Crippen molar-refractivity contribution in [3.63, 3.8) is 0 Å². The Labute approximate surface area is 244 Å². The summed E-state index contributed by atoms with van der Waals surface area (Å²) in [7, 11) is 2.15. The van der Waals surface area contributed by atoms with Gasteiger partial charge in [0.25, 0.3) is 0 Å². The number of amidine groups is 1. The number of aliphatic imine (C=N–C) groups is 2. The number of hydrogen-bond acceptors (Lipinski definition) is 8. The van der Waals surface area contributed by atoms with Crippen LogP contribution >= 0.6 is 0 Å². The van der Waals surface area contributed by atoms with E-state index in [0.717, 1.165) is 61.0 Å². The fraction of sp³-hybridized carbons (Fsp3) is 0.594. The lowest BCUT2D eigenvalue weighted by Gasteiger charge is -2.44. The second-order valence-corrected chi connectivity index (χ2v) is 11.5. The third-order valence-corrected chi connectivity index (χ3v) is 8.88. The molecular formula is C32H43N6O3. The molecule has 4 heterocycles. The van der Waals surface area contributed by atoms with E-state index < -0.39 is 6.35 Å². The number of hydrogen-bond donors (Lipinski definition) is 0. The Hall–Kier alpha value is -3.22. The molecule has 0 saturated carbocycles. The Bertz CT molecular complexity index is 1220. The van der Waals surface area contributed by atoms with E-state index in [1.165, 1.54) is 18.1 Å². The van der Waals surface area contributed by atoms with Crippen molar-refractivity contribution < 1.29 is 14.3 Å². The first-order chi connectivity index (χ1) is 19.9. The van der Waals surface area contributed by atoms with Crippen LogP contribution in [-0.2, 0) is 16.0 Å². The zero-order chi connectivity index (χ0) is 28.9. The Morgan fingerprint density at radius 3 is 2.83 bits per heavy atom. The number of ether oxygens (including phenoxy) is 2. The highest BCUT2D eigenvalue weighted by Crippen LogP contribution is 2.34. The summed E-state index contributed by atoms with van der Waals surface area (Å²) in [5, 5.41) is 9.51. The average molecular weight is 560 g/mol. The molecule has 2 saturated heterocycles. The molecule has 3 unspecified atom stereocenters. The third-order valence-electron chi connectivity index (χ3n) is 8.88. The van der Waals surface area contributed by atoms with Gasteiger partial charge in [0.2, 0.25) is 12.3 Å². The van der Waals surface area contributed by atoms with Gasteiger partial charge >= 0.3 is 0 Å². The number of piperazine rings is 1. The van der Waals surface area contributed by atoms with Gasteiger partial charge in [-0.25, -0.2) is 9.98 Å². The number of benzene rings is 1. The summed E-state index contributed by atoms with van der Waals surface area (Å²) in [6.45, 7) is 11.2. The minimum Gasteiger partial charge on any atom is -0.489 e. The lowest BCUT2D eigenvalue weighted by Crippen LogP contribution is -2.58. The highest BCUT2D eigenvalue weighted by Gasteiger charge is 2.38. The SMILES string of the molecule is C=CC(=O)N1CCN(C2=NC(OCC3CCCN3C)N=C(C[C@@H]3CCc4cccc(C)c4O3)[C]2CC)CC1CC#N. The van der Waals surface area contributed by atoms with Crippen LogP contribution in [0.5, 0.6) is 5.75 Å². The van der Waals surface area contributed by atoms with Crippen molar-refractivity contribution >= 4 is 17.5 Å². The number of para-hydroxylation sites is 1. The molecule has 4 aliphatic heterocycles. The normalized spacial score (nSPS) is 27.0. The fourth-order valence-electron chi connectivity index (χ4n) is 6.54. The number of nitrogens with zero attached hydrogens (tertiary/aromatic N) is 6. The number of amides is 1. The second-order valence-electron chi connectivity index (χ2n) is 11.5. The lowest BCUT2D eigenvalue weighted by atomic mass is 9.89. The van der Waals surface area contributed by atoms with Gasteiger partial charge in [0, 0.05) is 37.8 Å². The lowest BCUT2D eigenvalue weighted by molar-refractivity contribution is -0.130. The molecule has 9 nitrogen and oxygen atoms in total. The number of rotatable bonds is 8. The molecule has 0 aromatic heterocycles. The summed E-state index contributed by atoms with van der Waals surface area (Å²) in [4.78, 5) is 29.0. The van der Waals surface area contributed by atoms with Crippen molar-refractivity contribution in [1.82, 2.24) is 14.7 Å². The number of carbonyl (C=O) groups excluding carboxylic acids is 1. The highest BCUT2D eigenvalue weighted by molar-refractivity contribution is 6.20. The van der Waals surface area contributed by atoms with Gasteiger partial charge in [-0.05, 0) is 69.8 Å². The van der Waals surface area contributed by atoms with Crippen LogP contribution in [0.3, 0.4) is 0 Å². The minimum absolute atomic E-state index is 0.0262. The largest absolute Gasteiger partial charge is 0.489 e. The van der Waals surface area contributed by atoms with Crippen LogP contribution in [0.4, 0.5) is 0 Å². The van der Waals surface area contributed by atoms with Crippen LogP contribution in [0.25, 0.3) is 0 Å². The zero-order valence-electron chi connectivity index (χ0n) is 24.7. The molecule has 9 heteroatoms. The molecule has 0 bridgehead atoms. The van der Waals surface area contributed by atoms with Gasteiger partial charge in [0.15, 0.2) is 0 Å². The molecule has 2 fully saturated rings. The first-order valence-electron chi connectivity index (χ1n) is 15.0. The van der Waals surface area contributed by atoms with E-state index in [2.05, 4.69) is 61.5 Å². The van der Waals surface area contributed by atoms with Crippen molar-refractivity contribution in [3.05, 3.63) is 47.9 Å². The summed E-state index contributed by atoms with van der Waals surface area (Å²) >= 11 is 0. The summed E-state index contributed by atoms with van der Waals surface area (Å²) in [5.74, 6) is 2.85. The molecule has 1 aromatic rings. The van der Waals surface area contributed by atoms with Gasteiger partial charge in [0.05, 0.1) is 31.1 Å². The molecule has 41 heavy (non-hydrogen) atoms. The number of nitriles is 1. The van der Waals surface area contributed by atoms with Crippen LogP contribution in [-0.4, -0.2) is 96.5 Å². The molecule has 1 radical (unpaired) electrons. The molecule has 4 atom stereocenters. The Morgan fingerprint density at radius 2 is 2.10 bits per heavy atom. The highest BCUT2D eigenvalue weighted by atomic mass is 16.5. The van der Waals surface area contributed by atoms with Gasteiger partial charge in [-0.3, -0.25) is 4.79 Å². The molecule has 1 amide bonds. The summed E-state index contributed by atoms with van der Waals surface area (Å²) in [6.07, 6.45) is 6.68. The second kappa shape index (κ2) is 13.2. The molecular weight excluding hydrogens is 516 g/mol. The van der Waals surface area contributed by atoms with E-state index in [4.69, 9.17) is 19.5 Å². The Kier molecular flexibility index (Phi) is 9.41. The van der Waals surface area contributed by atoms with Gasteiger partial charge in [0.1, 0.15) is 17.7 Å². The fourth-order valence-corrected chi connectivity index (χ4v) is 6.54. The van der Waals surface area contributed by atoms with Crippen molar-refractivity contribution in [2.45, 2.75) is 83.3 Å². The summed E-state index contributed by atoms with van der Waals surface area (Å²) in [6, 6.07) is 8.77. The van der Waals surface area contributed by atoms with E-state index >= 15 is 0 Å². The van der Waals surface area contributed by atoms with Crippen LogP contribution < -0.4 is 4.74 Å². The number of carbonyl (C=O) groups is 1. The minimum atomic E-state index is -0.621. The van der Waals surface area contributed by atoms with E-state index in [1.54, 1.807) is 4.90 Å². The number of likely N-dealkylation sites (N-methyl/N-ethyl adjacent to an activating group) is 1. The van der Waals surface area contributed by atoms with Crippen molar-refractivity contribution in [2.24, 2.45) is 9.98 Å². The van der Waals surface area contributed by atoms with E-state index in [-0.39, 0.29) is 24.5 Å². The Morgan fingerprint density at radius 1 is 1.24 bits per heavy atom. The predicted molar refractivity (Wildman–Crippen MR) is 160 cm³/mol. The molecule has 219 valence electrons. The van der Waals surface area contributed by atoms with Crippen LogP contribution in [0, 0.1) is 24.2 Å². The van der Waals surface area contributed by atoms with Crippen molar-refractivity contribution in [1.29, 1.82) is 5.26 Å². The van der Waals surface area contributed by atoms with Gasteiger partial charge < -0.3 is 24.2 Å². The average Bonchev–Trinajstić information content (AvgIpc) is 3.40. The number of aryl methyl sites for hydroxylation is 2. The molecule has 1 aromatic carbocycles. The standard InChI is InChI=1S/C32H43N6O3/c1-5-27-28(19-26-13-12-23-10-7-9-22(3)30(23)41-26)34-32(40-21-25-11-8-16-36(25)4)35-31(27)37-17-18-38(29(39)6-2)24(20-37)14-15-33/h6-7,9-10,24-26,32H,2,5,8,11-14,16-21H2,1,3-4H3/t24?,25?,26-,32?/m0/s1. The van der Waals surface area contributed by atoms with E-state index in [1.807, 2.05) is 0 Å². The van der Waals surface area contributed by atoms with E-state index in [0.29, 0.717) is 38.7 Å². The summed E-state index contributed by atoms with van der Waals surface area (Å²) < 4.78 is 12.9. The maximum atomic E-state index is 12.5. The molecule has 4 aliphatic rings. The first kappa shape index (κ1) is 29.3. The van der Waals surface area contributed by atoms with Crippen molar-refractivity contribution in [3.8, 4) is 11.8 Å². The third kappa shape index (κ3) is 6.49.